The molecule has 12 heavy (non-hydrogen) atoms. The van der Waals surface area contributed by atoms with E-state index in [-0.39, 0.29) is 40.0 Å². The van der Waals surface area contributed by atoms with E-state index < -0.39 is 0 Å². The molecule has 1 aliphatic rings. The molecular weight excluding hydrogens is 224 g/mol. The van der Waals surface area contributed by atoms with Crippen molar-refractivity contribution in [1.29, 1.82) is 0 Å². The predicted octanol–water partition coefficient (Wildman–Crippen LogP) is 3.83. The Morgan fingerprint density at radius 2 is 1.67 bits per heavy atom. The maximum absolute atomic E-state index is 3.25. The molecule has 1 fully saturated rings. The van der Waals surface area contributed by atoms with E-state index in [1.807, 2.05) is 0 Å². The second-order valence-electron chi connectivity index (χ2n) is 2.72. The third-order valence-electron chi connectivity index (χ3n) is 2.14. The van der Waals surface area contributed by atoms with Crippen LogP contribution in [-0.2, 0) is 0 Å². The van der Waals surface area contributed by atoms with E-state index in [0.29, 0.717) is 0 Å². The molecule has 0 atom stereocenters. The minimum absolute atomic E-state index is 0. The van der Waals surface area contributed by atoms with Crippen molar-refractivity contribution in [2.24, 2.45) is 5.92 Å². The minimum Gasteiger partial charge on any atom is -0.346 e. The van der Waals surface area contributed by atoms with E-state index in [4.69, 9.17) is 0 Å². The van der Waals surface area contributed by atoms with Crippen LogP contribution >= 0.6 is 17.0 Å². The Balaban J connectivity index is -0.000000189. The van der Waals surface area contributed by atoms with Crippen LogP contribution in [0.2, 0.25) is 0 Å². The molecule has 0 N–H and O–H groups in total. The maximum Gasteiger partial charge on any atom is 2.00 e. The number of rotatable bonds is 1. The second-order valence-corrected chi connectivity index (χ2v) is 2.72. The van der Waals surface area contributed by atoms with Gasteiger partial charge in [0.25, 0.3) is 0 Å². The zero-order chi connectivity index (χ0) is 7.82. The molecule has 0 saturated heterocycles. The quantitative estimate of drug-likeness (QED) is 0.486. The summed E-state index contributed by atoms with van der Waals surface area (Å²) in [6.07, 6.45) is 9.48. The first-order valence-electron chi connectivity index (χ1n) is 4.46. The summed E-state index contributed by atoms with van der Waals surface area (Å²) in [5, 5.41) is 0. The van der Waals surface area contributed by atoms with Gasteiger partial charge in [0.15, 0.2) is 0 Å². The molecule has 2 heteroatoms. The molecule has 0 aromatic rings. The van der Waals surface area contributed by atoms with E-state index in [1.54, 1.807) is 6.92 Å². The Kier molecular flexibility index (Phi) is 23.3. The molecule has 70 valence electrons. The summed E-state index contributed by atoms with van der Waals surface area (Å²) < 4.78 is 0. The van der Waals surface area contributed by atoms with Crippen molar-refractivity contribution in [2.75, 3.05) is 0 Å². The molecule has 0 nitrogen and oxygen atoms in total. The van der Waals surface area contributed by atoms with Gasteiger partial charge in [0.05, 0.1) is 0 Å². The summed E-state index contributed by atoms with van der Waals surface area (Å²) in [7, 11) is 0. The summed E-state index contributed by atoms with van der Waals surface area (Å²) >= 11 is 0. The standard InChI is InChI=1S/C8H15.C2H5.BrH.Mg/c1-2-8-6-4-3-5-7-8;1-2;;/h3,8H,2,4-7H2,1H3;1H2,2H3;1H;/q2*-1;;+2. The van der Waals surface area contributed by atoms with Gasteiger partial charge in [0, 0.05) is 0 Å². The topological polar surface area (TPSA) is 0 Å². The van der Waals surface area contributed by atoms with Crippen LogP contribution in [0, 0.1) is 19.3 Å². The van der Waals surface area contributed by atoms with Gasteiger partial charge in [-0.05, 0) is 5.92 Å². The molecule has 0 spiro atoms. The molecule has 1 aliphatic carbocycles. The van der Waals surface area contributed by atoms with Crippen LogP contribution in [0.1, 0.15) is 46.0 Å². The van der Waals surface area contributed by atoms with E-state index in [2.05, 4.69) is 20.3 Å². The summed E-state index contributed by atoms with van der Waals surface area (Å²) in [5.74, 6) is 1.06. The fourth-order valence-corrected chi connectivity index (χ4v) is 1.40. The van der Waals surface area contributed by atoms with Gasteiger partial charge in [0.2, 0.25) is 0 Å². The first kappa shape index (κ1) is 18.9. The van der Waals surface area contributed by atoms with Crippen molar-refractivity contribution in [3.05, 3.63) is 13.3 Å². The summed E-state index contributed by atoms with van der Waals surface area (Å²) in [6.45, 7) is 7.30. The molecule has 0 amide bonds. The fourth-order valence-electron chi connectivity index (χ4n) is 1.40. The molecule has 0 radical (unpaired) electrons. The maximum atomic E-state index is 3.25. The minimum atomic E-state index is 0. The SMILES string of the molecule is Br.CCC1CC[CH-]CC1.[CH2-]C.[Mg+2]. The van der Waals surface area contributed by atoms with Gasteiger partial charge >= 0.3 is 23.1 Å². The fraction of sp³-hybridized carbons (Fsp3) is 0.800. The molecule has 1 saturated carbocycles. The molecule has 0 aromatic heterocycles. The Labute approximate surface area is 105 Å². The second kappa shape index (κ2) is 14.8. The number of hydrogen-bond acceptors (Lipinski definition) is 0. The van der Waals surface area contributed by atoms with Crippen molar-refractivity contribution in [2.45, 2.75) is 46.0 Å². The van der Waals surface area contributed by atoms with Gasteiger partial charge < -0.3 is 13.3 Å². The van der Waals surface area contributed by atoms with E-state index in [9.17, 15) is 0 Å². The Hall–Kier alpha value is 1.25. The smallest absolute Gasteiger partial charge is 0.346 e. The summed E-state index contributed by atoms with van der Waals surface area (Å²) in [6, 6.07) is 0. The Morgan fingerprint density at radius 3 is 1.92 bits per heavy atom. The molecule has 0 heterocycles. The number of hydrogen-bond donors (Lipinski definition) is 0. The third kappa shape index (κ3) is 9.34. The molecule has 1 rings (SSSR count). The zero-order valence-electron chi connectivity index (χ0n) is 8.51. The Bertz CT molecular complexity index is 60.9. The van der Waals surface area contributed by atoms with Crippen molar-refractivity contribution in [3.8, 4) is 0 Å². The predicted molar refractivity (Wildman–Crippen MR) is 63.7 cm³/mol. The molecular formula is C10H21BrMg. The van der Waals surface area contributed by atoms with Crippen LogP contribution in [0.5, 0.6) is 0 Å². The normalized spacial score (nSPS) is 16.2. The van der Waals surface area contributed by atoms with Gasteiger partial charge in [0.1, 0.15) is 0 Å². The van der Waals surface area contributed by atoms with Gasteiger partial charge in [-0.1, -0.05) is 26.2 Å². The molecule has 0 aromatic carbocycles. The van der Waals surface area contributed by atoms with Crippen LogP contribution in [0.15, 0.2) is 0 Å². The van der Waals surface area contributed by atoms with Gasteiger partial charge in [-0.3, -0.25) is 0 Å². The van der Waals surface area contributed by atoms with Crippen molar-refractivity contribution in [3.63, 3.8) is 0 Å². The largest absolute Gasteiger partial charge is 2.00 e. The van der Waals surface area contributed by atoms with E-state index in [0.717, 1.165) is 5.92 Å². The van der Waals surface area contributed by atoms with E-state index in [1.165, 1.54) is 32.1 Å². The molecule has 0 bridgehead atoms. The van der Waals surface area contributed by atoms with Crippen molar-refractivity contribution < 1.29 is 0 Å². The van der Waals surface area contributed by atoms with Crippen LogP contribution in [0.25, 0.3) is 0 Å². The number of halogens is 1. The van der Waals surface area contributed by atoms with Crippen LogP contribution in [0.3, 0.4) is 0 Å². The van der Waals surface area contributed by atoms with Crippen LogP contribution in [-0.4, -0.2) is 23.1 Å². The molecule has 0 unspecified atom stereocenters. The van der Waals surface area contributed by atoms with Crippen molar-refractivity contribution >= 4 is 40.0 Å². The monoisotopic (exact) mass is 244 g/mol. The van der Waals surface area contributed by atoms with Crippen LogP contribution in [0.4, 0.5) is 0 Å². The summed E-state index contributed by atoms with van der Waals surface area (Å²) in [5.41, 5.74) is 0. The third-order valence-corrected chi connectivity index (χ3v) is 2.14. The van der Waals surface area contributed by atoms with E-state index >= 15 is 0 Å². The average Bonchev–Trinajstić information content (AvgIpc) is 2.10. The van der Waals surface area contributed by atoms with Crippen LogP contribution < -0.4 is 0 Å². The first-order valence-corrected chi connectivity index (χ1v) is 4.46. The Morgan fingerprint density at radius 1 is 1.25 bits per heavy atom. The molecule has 0 aliphatic heterocycles. The van der Waals surface area contributed by atoms with Gasteiger partial charge in [-0.25, -0.2) is 0 Å². The first-order chi connectivity index (χ1) is 4.93. The summed E-state index contributed by atoms with van der Waals surface area (Å²) in [4.78, 5) is 0. The van der Waals surface area contributed by atoms with Gasteiger partial charge in [-0.15, -0.1) is 17.0 Å². The van der Waals surface area contributed by atoms with Gasteiger partial charge in [-0.2, -0.15) is 19.8 Å². The van der Waals surface area contributed by atoms with Crippen molar-refractivity contribution in [1.82, 2.24) is 0 Å². The zero-order valence-corrected chi connectivity index (χ0v) is 11.6. The average molecular weight is 245 g/mol.